The molecule has 0 aromatic heterocycles. The van der Waals surface area contributed by atoms with Crippen molar-refractivity contribution in [2.45, 2.75) is 39.0 Å². The summed E-state index contributed by atoms with van der Waals surface area (Å²) < 4.78 is 14.7. The molecule has 0 spiro atoms. The molecular formula is C21H29N3O9. The summed E-state index contributed by atoms with van der Waals surface area (Å²) in [5.41, 5.74) is 6.03. The molecule has 33 heavy (non-hydrogen) atoms. The lowest BCUT2D eigenvalue weighted by Crippen LogP contribution is -2.58. The number of hydrogen-bond acceptors (Lipinski definition) is 9. The van der Waals surface area contributed by atoms with E-state index in [9.17, 15) is 29.1 Å². The van der Waals surface area contributed by atoms with Gasteiger partial charge in [0.2, 0.25) is 11.8 Å². The summed E-state index contributed by atoms with van der Waals surface area (Å²) >= 11 is 0. The molecule has 0 aliphatic rings. The van der Waals surface area contributed by atoms with Gasteiger partial charge in [-0.05, 0) is 19.4 Å². The molecule has 0 aliphatic carbocycles. The minimum absolute atomic E-state index is 0.0313. The monoisotopic (exact) mass is 467 g/mol. The molecule has 0 saturated carbocycles. The Morgan fingerprint density at radius 1 is 0.970 bits per heavy atom. The van der Waals surface area contributed by atoms with Crippen molar-refractivity contribution < 1.29 is 43.3 Å². The molecular weight excluding hydrogens is 438 g/mol. The SMILES string of the molecule is CCOC(=O)C[C@@H](C(=O)OCC)[C@H](NC(=O)[C@H](CO)NC(=O)OCc1ccccc1)C(N)=O. The van der Waals surface area contributed by atoms with E-state index in [0.29, 0.717) is 5.56 Å². The van der Waals surface area contributed by atoms with Crippen LogP contribution in [0.5, 0.6) is 0 Å². The minimum Gasteiger partial charge on any atom is -0.466 e. The molecule has 5 N–H and O–H groups in total. The van der Waals surface area contributed by atoms with E-state index in [1.54, 1.807) is 37.3 Å². The fourth-order valence-electron chi connectivity index (χ4n) is 2.71. The zero-order chi connectivity index (χ0) is 24.8. The molecule has 0 fully saturated rings. The van der Waals surface area contributed by atoms with Crippen molar-refractivity contribution >= 4 is 29.8 Å². The van der Waals surface area contributed by atoms with Crippen LogP contribution in [0.3, 0.4) is 0 Å². The van der Waals surface area contributed by atoms with Crippen molar-refractivity contribution in [3.63, 3.8) is 0 Å². The molecule has 3 atom stereocenters. The first-order valence-corrected chi connectivity index (χ1v) is 10.2. The van der Waals surface area contributed by atoms with E-state index >= 15 is 0 Å². The number of aliphatic hydroxyl groups excluding tert-OH is 1. The second-order valence-corrected chi connectivity index (χ2v) is 6.70. The smallest absolute Gasteiger partial charge is 0.408 e. The van der Waals surface area contributed by atoms with Crippen molar-refractivity contribution in [1.29, 1.82) is 0 Å². The Hall–Kier alpha value is -3.67. The number of nitrogens with two attached hydrogens (primary N) is 1. The molecule has 0 heterocycles. The summed E-state index contributed by atoms with van der Waals surface area (Å²) in [6.07, 6.45) is -1.59. The average Bonchev–Trinajstić information content (AvgIpc) is 2.79. The fraction of sp³-hybridized carbons (Fsp3) is 0.476. The van der Waals surface area contributed by atoms with E-state index in [1.807, 2.05) is 0 Å². The van der Waals surface area contributed by atoms with Crippen LogP contribution in [0.2, 0.25) is 0 Å². The van der Waals surface area contributed by atoms with E-state index in [4.69, 9.17) is 19.9 Å². The maximum atomic E-state index is 12.6. The number of carbonyl (C=O) groups is 5. The lowest BCUT2D eigenvalue weighted by Gasteiger charge is -2.25. The third kappa shape index (κ3) is 9.56. The van der Waals surface area contributed by atoms with Gasteiger partial charge in [-0.1, -0.05) is 30.3 Å². The first-order chi connectivity index (χ1) is 15.7. The number of amides is 3. The highest BCUT2D eigenvalue weighted by Crippen LogP contribution is 2.14. The van der Waals surface area contributed by atoms with Crippen LogP contribution in [0.1, 0.15) is 25.8 Å². The van der Waals surface area contributed by atoms with E-state index in [2.05, 4.69) is 10.6 Å². The highest BCUT2D eigenvalue weighted by Gasteiger charge is 2.38. The predicted molar refractivity (Wildman–Crippen MR) is 113 cm³/mol. The molecule has 0 bridgehead atoms. The second kappa shape index (κ2) is 14.4. The summed E-state index contributed by atoms with van der Waals surface area (Å²) in [6.45, 7) is 2.12. The molecule has 1 aromatic carbocycles. The zero-order valence-electron chi connectivity index (χ0n) is 18.4. The summed E-state index contributed by atoms with van der Waals surface area (Å²) in [6, 6.07) is 5.54. The quantitative estimate of drug-likeness (QED) is 0.217. The van der Waals surface area contributed by atoms with Gasteiger partial charge in [0.05, 0.1) is 32.2 Å². The Morgan fingerprint density at radius 3 is 2.15 bits per heavy atom. The molecule has 12 heteroatoms. The Bertz CT molecular complexity index is 816. The van der Waals surface area contributed by atoms with Gasteiger partial charge >= 0.3 is 18.0 Å². The van der Waals surface area contributed by atoms with Gasteiger partial charge < -0.3 is 35.7 Å². The van der Waals surface area contributed by atoms with Gasteiger partial charge in [-0.2, -0.15) is 0 Å². The van der Waals surface area contributed by atoms with Crippen LogP contribution in [0, 0.1) is 5.92 Å². The Morgan fingerprint density at radius 2 is 1.61 bits per heavy atom. The summed E-state index contributed by atoms with van der Waals surface area (Å²) in [5, 5.41) is 13.8. The number of alkyl carbamates (subject to hydrolysis) is 1. The third-order valence-corrected chi connectivity index (χ3v) is 4.29. The standard InChI is InChI=1S/C21H29N3O9/c1-3-31-16(26)10-14(20(29)32-4-2)17(18(22)27)24-19(28)15(11-25)23-21(30)33-12-13-8-6-5-7-9-13/h5-9,14-15,17,25H,3-4,10-12H2,1-2H3,(H2,22,27)(H,23,30)(H,24,28)/t14-,15+,17+/m1/s1. The zero-order valence-corrected chi connectivity index (χ0v) is 18.4. The van der Waals surface area contributed by atoms with E-state index in [0.717, 1.165) is 0 Å². The lowest BCUT2D eigenvalue weighted by molar-refractivity contribution is -0.157. The number of hydrogen-bond donors (Lipinski definition) is 4. The van der Waals surface area contributed by atoms with Crippen LogP contribution in [0.15, 0.2) is 30.3 Å². The molecule has 3 amide bonds. The highest BCUT2D eigenvalue weighted by atomic mass is 16.6. The van der Waals surface area contributed by atoms with Gasteiger partial charge in [0, 0.05) is 0 Å². The average molecular weight is 467 g/mol. The topological polar surface area (TPSA) is 183 Å². The Balaban J connectivity index is 2.86. The van der Waals surface area contributed by atoms with E-state index in [-0.39, 0.29) is 19.8 Å². The summed E-state index contributed by atoms with van der Waals surface area (Å²) in [7, 11) is 0. The van der Waals surface area contributed by atoms with Gasteiger partial charge in [-0.15, -0.1) is 0 Å². The number of primary amides is 1. The van der Waals surface area contributed by atoms with Crippen molar-refractivity contribution in [2.75, 3.05) is 19.8 Å². The maximum absolute atomic E-state index is 12.6. The number of aliphatic hydroxyl groups is 1. The largest absolute Gasteiger partial charge is 0.466 e. The Kier molecular flexibility index (Phi) is 11.9. The minimum atomic E-state index is -1.67. The summed E-state index contributed by atoms with van der Waals surface area (Å²) in [5.74, 6) is -5.40. The number of benzene rings is 1. The van der Waals surface area contributed by atoms with Crippen LogP contribution in [-0.4, -0.2) is 66.9 Å². The number of esters is 2. The maximum Gasteiger partial charge on any atom is 0.408 e. The van der Waals surface area contributed by atoms with Crippen LogP contribution >= 0.6 is 0 Å². The molecule has 0 radical (unpaired) electrons. The molecule has 182 valence electrons. The van der Waals surface area contributed by atoms with E-state index < -0.39 is 60.9 Å². The van der Waals surface area contributed by atoms with Gasteiger partial charge in [0.1, 0.15) is 18.7 Å². The molecule has 0 saturated heterocycles. The Labute approximate surface area is 190 Å². The lowest BCUT2D eigenvalue weighted by atomic mass is 9.95. The molecule has 1 aromatic rings. The molecule has 0 aliphatic heterocycles. The van der Waals surface area contributed by atoms with Crippen LogP contribution in [0.4, 0.5) is 4.79 Å². The molecule has 12 nitrogen and oxygen atoms in total. The highest BCUT2D eigenvalue weighted by molar-refractivity contribution is 5.94. The first-order valence-electron chi connectivity index (χ1n) is 10.2. The van der Waals surface area contributed by atoms with Gasteiger partial charge in [0.15, 0.2) is 0 Å². The first kappa shape index (κ1) is 27.4. The van der Waals surface area contributed by atoms with Crippen molar-refractivity contribution in [3.05, 3.63) is 35.9 Å². The van der Waals surface area contributed by atoms with Gasteiger partial charge in [-0.25, -0.2) is 4.79 Å². The van der Waals surface area contributed by atoms with Crippen LogP contribution < -0.4 is 16.4 Å². The predicted octanol–water partition coefficient (Wildman–Crippen LogP) is -0.624. The summed E-state index contributed by atoms with van der Waals surface area (Å²) in [4.78, 5) is 60.8. The third-order valence-electron chi connectivity index (χ3n) is 4.29. The fourth-order valence-corrected chi connectivity index (χ4v) is 2.71. The number of rotatable bonds is 13. The molecule has 0 unspecified atom stereocenters. The van der Waals surface area contributed by atoms with Crippen LogP contribution in [-0.2, 0) is 40.0 Å². The van der Waals surface area contributed by atoms with Crippen LogP contribution in [0.25, 0.3) is 0 Å². The van der Waals surface area contributed by atoms with Crippen molar-refractivity contribution in [2.24, 2.45) is 11.7 Å². The molecule has 1 rings (SSSR count). The number of carbonyl (C=O) groups excluding carboxylic acids is 5. The van der Waals surface area contributed by atoms with Crippen molar-refractivity contribution in [1.82, 2.24) is 10.6 Å². The normalized spacial score (nSPS) is 13.1. The number of nitrogens with one attached hydrogen (secondary N) is 2. The van der Waals surface area contributed by atoms with E-state index in [1.165, 1.54) is 6.92 Å². The van der Waals surface area contributed by atoms with Crippen molar-refractivity contribution in [3.8, 4) is 0 Å². The number of ether oxygens (including phenoxy) is 3. The van der Waals surface area contributed by atoms with Gasteiger partial charge in [-0.3, -0.25) is 19.2 Å². The van der Waals surface area contributed by atoms with Gasteiger partial charge in [0.25, 0.3) is 0 Å². The second-order valence-electron chi connectivity index (χ2n) is 6.70.